The second-order valence-corrected chi connectivity index (χ2v) is 6.69. The first kappa shape index (κ1) is 14.8. The number of carboxylic acids is 1. The minimum atomic E-state index is -3.68. The number of likely N-dealkylation sites (N-methyl/N-ethyl adjacent to an activating group) is 1. The van der Waals surface area contributed by atoms with Gasteiger partial charge in [-0.2, -0.15) is 4.31 Å². The van der Waals surface area contributed by atoms with Crippen molar-refractivity contribution in [2.45, 2.75) is 30.7 Å². The third-order valence-electron chi connectivity index (χ3n) is 3.31. The van der Waals surface area contributed by atoms with Crippen molar-refractivity contribution < 1.29 is 18.3 Å². The van der Waals surface area contributed by atoms with Crippen LogP contribution in [0.5, 0.6) is 0 Å². The van der Waals surface area contributed by atoms with E-state index in [-0.39, 0.29) is 23.2 Å². The maximum atomic E-state index is 12.5. The first-order valence-electron chi connectivity index (χ1n) is 6.48. The van der Waals surface area contributed by atoms with Crippen LogP contribution in [0, 0.1) is 0 Å². The lowest BCUT2D eigenvalue weighted by molar-refractivity contribution is 0.0685. The molecule has 0 aliphatic heterocycles. The fourth-order valence-electron chi connectivity index (χ4n) is 2.11. The zero-order valence-corrected chi connectivity index (χ0v) is 12.1. The Balaban J connectivity index is 2.44. The second kappa shape index (κ2) is 5.41. The Morgan fingerprint density at radius 3 is 2.70 bits per heavy atom. The highest BCUT2D eigenvalue weighted by Gasteiger charge is 2.32. The lowest BCUT2D eigenvalue weighted by atomic mass is 10.4. The summed E-state index contributed by atoms with van der Waals surface area (Å²) in [4.78, 5) is 11.2. The average Bonchev–Trinajstić information content (AvgIpc) is 3.13. The third kappa shape index (κ3) is 2.64. The van der Waals surface area contributed by atoms with Crippen molar-refractivity contribution in [3.05, 3.63) is 30.6 Å². The smallest absolute Gasteiger partial charge is 0.352 e. The summed E-state index contributed by atoms with van der Waals surface area (Å²) in [5.41, 5.74) is 0.0285. The van der Waals surface area contributed by atoms with Gasteiger partial charge in [-0.15, -0.1) is 6.58 Å². The number of aromatic carboxylic acids is 1. The van der Waals surface area contributed by atoms with Crippen molar-refractivity contribution >= 4 is 16.0 Å². The topological polar surface area (TPSA) is 79.6 Å². The standard InChI is InChI=1S/C13H18N2O4S/c1-3-7-14(4-2)20(18,19)11-8-12(13(16)17)15(9-11)10-5-6-10/h3,8-10H,1,4-7H2,2H3,(H,16,17). The van der Waals surface area contributed by atoms with E-state index < -0.39 is 16.0 Å². The van der Waals surface area contributed by atoms with Crippen LogP contribution < -0.4 is 0 Å². The zero-order chi connectivity index (χ0) is 14.9. The summed E-state index contributed by atoms with van der Waals surface area (Å²) < 4.78 is 27.7. The number of nitrogens with zero attached hydrogens (tertiary/aromatic N) is 2. The van der Waals surface area contributed by atoms with E-state index in [1.807, 2.05) is 0 Å². The fraction of sp³-hybridized carbons (Fsp3) is 0.462. The van der Waals surface area contributed by atoms with Crippen LogP contribution in [0.2, 0.25) is 0 Å². The fourth-order valence-corrected chi connectivity index (χ4v) is 3.56. The van der Waals surface area contributed by atoms with Crippen LogP contribution in [0.3, 0.4) is 0 Å². The molecule has 1 saturated carbocycles. The Bertz CT molecular complexity index is 629. The predicted molar refractivity (Wildman–Crippen MR) is 74.3 cm³/mol. The van der Waals surface area contributed by atoms with E-state index in [4.69, 9.17) is 0 Å². The van der Waals surface area contributed by atoms with Crippen LogP contribution in [0.1, 0.15) is 36.3 Å². The molecule has 110 valence electrons. The molecular formula is C13H18N2O4S. The molecule has 1 aromatic heterocycles. The molecule has 0 saturated heterocycles. The quantitative estimate of drug-likeness (QED) is 0.777. The number of hydrogen-bond acceptors (Lipinski definition) is 3. The van der Waals surface area contributed by atoms with Crippen LogP contribution in [0.15, 0.2) is 29.8 Å². The highest BCUT2D eigenvalue weighted by atomic mass is 32.2. The number of carboxylic acid groups (broad SMARTS) is 1. The van der Waals surface area contributed by atoms with E-state index in [1.54, 1.807) is 11.5 Å². The SMILES string of the molecule is C=CCN(CC)S(=O)(=O)c1cc(C(=O)O)n(C2CC2)c1. The van der Waals surface area contributed by atoms with Gasteiger partial charge in [0.2, 0.25) is 10.0 Å². The van der Waals surface area contributed by atoms with Crippen molar-refractivity contribution in [1.82, 2.24) is 8.87 Å². The molecule has 0 radical (unpaired) electrons. The zero-order valence-electron chi connectivity index (χ0n) is 11.3. The average molecular weight is 298 g/mol. The Morgan fingerprint density at radius 2 is 2.25 bits per heavy atom. The minimum absolute atomic E-state index is 0.0285. The van der Waals surface area contributed by atoms with Gasteiger partial charge in [0.15, 0.2) is 0 Å². The van der Waals surface area contributed by atoms with Gasteiger partial charge in [0.25, 0.3) is 0 Å². The summed E-state index contributed by atoms with van der Waals surface area (Å²) in [5, 5.41) is 9.18. The summed E-state index contributed by atoms with van der Waals surface area (Å²) >= 11 is 0. The van der Waals surface area contributed by atoms with Gasteiger partial charge < -0.3 is 9.67 Å². The first-order valence-corrected chi connectivity index (χ1v) is 7.92. The Hall–Kier alpha value is -1.60. The van der Waals surface area contributed by atoms with E-state index in [0.29, 0.717) is 6.54 Å². The molecule has 6 nitrogen and oxygen atoms in total. The van der Waals surface area contributed by atoms with Crippen molar-refractivity contribution in [3.8, 4) is 0 Å². The molecule has 0 atom stereocenters. The van der Waals surface area contributed by atoms with Crippen LogP contribution in [0.4, 0.5) is 0 Å². The lowest BCUT2D eigenvalue weighted by Gasteiger charge is -2.17. The Labute approximate surface area is 118 Å². The number of sulfonamides is 1. The molecule has 20 heavy (non-hydrogen) atoms. The van der Waals surface area contributed by atoms with Crippen LogP contribution >= 0.6 is 0 Å². The molecular weight excluding hydrogens is 280 g/mol. The largest absolute Gasteiger partial charge is 0.477 e. The highest BCUT2D eigenvalue weighted by molar-refractivity contribution is 7.89. The predicted octanol–water partition coefficient (Wildman–Crippen LogP) is 1.72. The summed E-state index contributed by atoms with van der Waals surface area (Å²) in [5.74, 6) is -1.11. The van der Waals surface area contributed by atoms with Gasteiger partial charge in [-0.1, -0.05) is 13.0 Å². The van der Waals surface area contributed by atoms with Crippen molar-refractivity contribution in [2.24, 2.45) is 0 Å². The molecule has 0 bridgehead atoms. The van der Waals surface area contributed by atoms with Gasteiger partial charge in [0.1, 0.15) is 10.6 Å². The molecule has 0 unspecified atom stereocenters. The monoisotopic (exact) mass is 298 g/mol. The summed E-state index contributed by atoms with van der Waals surface area (Å²) in [6.07, 6.45) is 4.72. The molecule has 1 N–H and O–H groups in total. The highest BCUT2D eigenvalue weighted by Crippen LogP contribution is 2.37. The van der Waals surface area contributed by atoms with Gasteiger partial charge in [-0.3, -0.25) is 0 Å². The van der Waals surface area contributed by atoms with E-state index in [1.165, 1.54) is 22.6 Å². The maximum absolute atomic E-state index is 12.5. The van der Waals surface area contributed by atoms with Crippen LogP contribution in [0.25, 0.3) is 0 Å². The summed E-state index contributed by atoms with van der Waals surface area (Å²) in [6.45, 7) is 5.79. The van der Waals surface area contributed by atoms with Gasteiger partial charge in [-0.05, 0) is 18.9 Å². The van der Waals surface area contributed by atoms with Crippen LogP contribution in [-0.2, 0) is 10.0 Å². The normalized spacial score (nSPS) is 15.5. The number of aromatic nitrogens is 1. The molecule has 7 heteroatoms. The van der Waals surface area contributed by atoms with Gasteiger partial charge in [-0.25, -0.2) is 13.2 Å². The Kier molecular flexibility index (Phi) is 4.01. The Morgan fingerprint density at radius 1 is 1.60 bits per heavy atom. The first-order chi connectivity index (χ1) is 9.41. The summed E-state index contributed by atoms with van der Waals surface area (Å²) in [7, 11) is -3.68. The van der Waals surface area contributed by atoms with Crippen molar-refractivity contribution in [1.29, 1.82) is 0 Å². The van der Waals surface area contributed by atoms with Gasteiger partial charge in [0.05, 0.1) is 0 Å². The van der Waals surface area contributed by atoms with Gasteiger partial charge >= 0.3 is 5.97 Å². The minimum Gasteiger partial charge on any atom is -0.477 e. The molecule has 1 aliphatic carbocycles. The molecule has 1 heterocycles. The number of rotatable bonds is 7. The molecule has 1 aromatic rings. The second-order valence-electron chi connectivity index (χ2n) is 4.75. The van der Waals surface area contributed by atoms with E-state index >= 15 is 0 Å². The van der Waals surface area contributed by atoms with Crippen LogP contribution in [-0.4, -0.2) is 41.5 Å². The maximum Gasteiger partial charge on any atom is 0.352 e. The summed E-state index contributed by atoms with van der Waals surface area (Å²) in [6, 6.07) is 1.35. The van der Waals surface area contributed by atoms with Crippen molar-refractivity contribution in [2.75, 3.05) is 13.1 Å². The van der Waals surface area contributed by atoms with E-state index in [2.05, 4.69) is 6.58 Å². The number of hydrogen-bond donors (Lipinski definition) is 1. The lowest BCUT2D eigenvalue weighted by Crippen LogP contribution is -2.30. The van der Waals surface area contributed by atoms with E-state index in [0.717, 1.165) is 12.8 Å². The van der Waals surface area contributed by atoms with Gasteiger partial charge in [0, 0.05) is 25.3 Å². The van der Waals surface area contributed by atoms with Crippen molar-refractivity contribution in [3.63, 3.8) is 0 Å². The molecule has 1 fully saturated rings. The third-order valence-corrected chi connectivity index (χ3v) is 5.21. The molecule has 2 rings (SSSR count). The molecule has 0 aromatic carbocycles. The number of carbonyl (C=O) groups is 1. The molecule has 1 aliphatic rings. The van der Waals surface area contributed by atoms with E-state index in [9.17, 15) is 18.3 Å². The molecule has 0 spiro atoms. The molecule has 0 amide bonds.